The minimum absolute atomic E-state index is 0.00572. The van der Waals surface area contributed by atoms with Gasteiger partial charge in [0.2, 0.25) is 5.91 Å². The molecule has 2 aromatic carbocycles. The first-order chi connectivity index (χ1) is 18.7. The summed E-state index contributed by atoms with van der Waals surface area (Å²) in [6.45, 7) is 2.02. The maximum Gasteiger partial charge on any atom is 0.351 e. The number of carbonyl (C=O) groups is 4. The second kappa shape index (κ2) is 12.1. The van der Waals surface area contributed by atoms with Crippen LogP contribution >= 0.6 is 0 Å². The zero-order chi connectivity index (χ0) is 27.9. The van der Waals surface area contributed by atoms with Crippen LogP contribution in [0.25, 0.3) is 0 Å². The number of hydrogen-bond acceptors (Lipinski definition) is 10. The van der Waals surface area contributed by atoms with Crippen molar-refractivity contribution in [2.75, 3.05) is 11.9 Å². The van der Waals surface area contributed by atoms with Crippen molar-refractivity contribution in [2.24, 2.45) is 0 Å². The van der Waals surface area contributed by atoms with Gasteiger partial charge in [-0.25, -0.2) is 14.4 Å². The molecule has 39 heavy (non-hydrogen) atoms. The topological polar surface area (TPSA) is 152 Å². The fourth-order valence-corrected chi connectivity index (χ4v) is 3.96. The lowest BCUT2D eigenvalue weighted by Gasteiger charge is -2.24. The highest BCUT2D eigenvalue weighted by Gasteiger charge is 2.51. The minimum Gasteiger partial charge on any atom is -0.459 e. The van der Waals surface area contributed by atoms with Crippen molar-refractivity contribution in [2.45, 2.75) is 38.4 Å². The van der Waals surface area contributed by atoms with Crippen molar-refractivity contribution in [3.63, 3.8) is 0 Å². The second-order valence-corrected chi connectivity index (χ2v) is 8.52. The summed E-state index contributed by atoms with van der Waals surface area (Å²) in [5.74, 6) is -2.55. The Morgan fingerprint density at radius 1 is 0.872 bits per heavy atom. The van der Waals surface area contributed by atoms with Crippen LogP contribution in [0, 0.1) is 0 Å². The van der Waals surface area contributed by atoms with E-state index >= 15 is 0 Å². The molecule has 2 heterocycles. The number of nitrogens with zero attached hydrogens (tertiary/aromatic N) is 2. The largest absolute Gasteiger partial charge is 0.459 e. The maximum atomic E-state index is 12.9. The Morgan fingerprint density at radius 2 is 1.49 bits per heavy atom. The fourth-order valence-electron chi connectivity index (χ4n) is 3.96. The highest BCUT2D eigenvalue weighted by Crippen LogP contribution is 2.34. The van der Waals surface area contributed by atoms with Gasteiger partial charge in [0.25, 0.3) is 0 Å². The first-order valence-electron chi connectivity index (χ1n) is 11.9. The number of nitrogens with one attached hydrogen (secondary N) is 1. The van der Waals surface area contributed by atoms with Crippen molar-refractivity contribution in [1.82, 2.24) is 9.55 Å². The molecule has 1 amide bonds. The Labute approximate surface area is 222 Å². The molecule has 0 saturated carbocycles. The predicted molar refractivity (Wildman–Crippen MR) is 135 cm³/mol. The molecule has 1 aliphatic rings. The summed E-state index contributed by atoms with van der Waals surface area (Å²) in [4.78, 5) is 65.5. The van der Waals surface area contributed by atoms with E-state index in [1.807, 2.05) is 0 Å². The molecule has 12 nitrogen and oxygen atoms in total. The molecule has 4 rings (SSSR count). The van der Waals surface area contributed by atoms with Gasteiger partial charge in [0.15, 0.2) is 18.4 Å². The average Bonchev–Trinajstić information content (AvgIpc) is 3.23. The monoisotopic (exact) mass is 535 g/mol. The summed E-state index contributed by atoms with van der Waals surface area (Å²) in [5.41, 5.74) is -0.324. The quantitative estimate of drug-likeness (QED) is 0.335. The Bertz CT molecular complexity index is 1410. The van der Waals surface area contributed by atoms with Gasteiger partial charge in [-0.05, 0) is 30.3 Å². The molecular formula is C27H25N3O9. The number of benzene rings is 2. The highest BCUT2D eigenvalue weighted by atomic mass is 16.7. The molecule has 3 aromatic rings. The SMILES string of the molecule is CC(=O)Nc1ccn([C@@H]2O[C@H](COC(=O)c3ccccc3)[C@@H](OC(=O)c3ccccc3)[C@H]2OC(C)=O)c(=O)n1. The molecule has 12 heteroatoms. The molecule has 1 fully saturated rings. The third-order valence-corrected chi connectivity index (χ3v) is 5.64. The van der Waals surface area contributed by atoms with Crippen molar-refractivity contribution in [3.05, 3.63) is 94.5 Å². The summed E-state index contributed by atoms with van der Waals surface area (Å²) >= 11 is 0. The van der Waals surface area contributed by atoms with Crippen LogP contribution in [0.15, 0.2) is 77.7 Å². The Hall–Kier alpha value is -4.84. The van der Waals surface area contributed by atoms with Gasteiger partial charge in [-0.2, -0.15) is 4.98 Å². The number of amides is 1. The molecule has 1 aromatic heterocycles. The number of rotatable bonds is 8. The van der Waals surface area contributed by atoms with Crippen LogP contribution in [0.5, 0.6) is 0 Å². The smallest absolute Gasteiger partial charge is 0.351 e. The molecule has 0 radical (unpaired) electrons. The third-order valence-electron chi connectivity index (χ3n) is 5.64. The average molecular weight is 536 g/mol. The maximum absolute atomic E-state index is 12.9. The third kappa shape index (κ3) is 6.73. The summed E-state index contributed by atoms with van der Waals surface area (Å²) in [7, 11) is 0. The van der Waals surface area contributed by atoms with Crippen LogP contribution in [0.3, 0.4) is 0 Å². The van der Waals surface area contributed by atoms with Crippen LogP contribution in [0.2, 0.25) is 0 Å². The Balaban J connectivity index is 1.65. The molecule has 1 N–H and O–H groups in total. The molecule has 0 aliphatic carbocycles. The van der Waals surface area contributed by atoms with Gasteiger partial charge in [-0.1, -0.05) is 36.4 Å². The van der Waals surface area contributed by atoms with Gasteiger partial charge in [-0.15, -0.1) is 0 Å². The van der Waals surface area contributed by atoms with E-state index in [1.165, 1.54) is 31.3 Å². The summed E-state index contributed by atoms with van der Waals surface area (Å²) in [5, 5.41) is 2.40. The number of ether oxygens (including phenoxy) is 4. The van der Waals surface area contributed by atoms with E-state index in [0.717, 1.165) is 11.5 Å². The van der Waals surface area contributed by atoms with E-state index in [4.69, 9.17) is 18.9 Å². The Morgan fingerprint density at radius 3 is 2.05 bits per heavy atom. The summed E-state index contributed by atoms with van der Waals surface area (Å²) < 4.78 is 23.6. The van der Waals surface area contributed by atoms with Crippen LogP contribution in [0.1, 0.15) is 40.8 Å². The van der Waals surface area contributed by atoms with Crippen molar-refractivity contribution < 1.29 is 38.1 Å². The minimum atomic E-state index is -1.30. The Kier molecular flexibility index (Phi) is 8.46. The van der Waals surface area contributed by atoms with Crippen LogP contribution < -0.4 is 11.0 Å². The molecular weight excluding hydrogens is 510 g/mol. The molecule has 0 spiro atoms. The lowest BCUT2D eigenvalue weighted by Crippen LogP contribution is -2.42. The van der Waals surface area contributed by atoms with Crippen molar-refractivity contribution >= 4 is 29.6 Å². The number of esters is 3. The van der Waals surface area contributed by atoms with Gasteiger partial charge < -0.3 is 24.3 Å². The van der Waals surface area contributed by atoms with Gasteiger partial charge in [0.05, 0.1) is 11.1 Å². The molecule has 202 valence electrons. The lowest BCUT2D eigenvalue weighted by atomic mass is 10.1. The van der Waals surface area contributed by atoms with E-state index < -0.39 is 54.0 Å². The van der Waals surface area contributed by atoms with Gasteiger partial charge >= 0.3 is 23.6 Å². The standard InChI is InChI=1S/C27H25N3O9/c1-16(31)28-21-13-14-30(27(35)29-21)24-23(37-17(2)32)22(39-26(34)19-11-7-4-8-12-19)20(38-24)15-36-25(33)18-9-5-3-6-10-18/h3-14,20,22-24H,15H2,1-2H3,(H,28,29,31,35)/t20-,22-,23-,24-/m1/s1. The van der Waals surface area contributed by atoms with E-state index in [2.05, 4.69) is 10.3 Å². The molecule has 1 saturated heterocycles. The van der Waals surface area contributed by atoms with Gasteiger partial charge in [0, 0.05) is 20.0 Å². The number of anilines is 1. The van der Waals surface area contributed by atoms with Crippen LogP contribution in [0.4, 0.5) is 5.82 Å². The molecule has 0 unspecified atom stereocenters. The number of aromatic nitrogens is 2. The zero-order valence-electron chi connectivity index (χ0n) is 21.0. The first-order valence-corrected chi connectivity index (χ1v) is 11.9. The van der Waals surface area contributed by atoms with E-state index in [1.54, 1.807) is 48.5 Å². The molecule has 0 bridgehead atoms. The number of hydrogen-bond donors (Lipinski definition) is 1. The van der Waals surface area contributed by atoms with Gasteiger partial charge in [-0.3, -0.25) is 14.2 Å². The predicted octanol–water partition coefficient (Wildman–Crippen LogP) is 2.11. The van der Waals surface area contributed by atoms with Crippen LogP contribution in [-0.2, 0) is 28.5 Å². The van der Waals surface area contributed by atoms with Crippen LogP contribution in [-0.4, -0.2) is 58.3 Å². The first kappa shape index (κ1) is 27.2. The zero-order valence-corrected chi connectivity index (χ0v) is 21.0. The van der Waals surface area contributed by atoms with Crippen molar-refractivity contribution in [1.29, 1.82) is 0 Å². The summed E-state index contributed by atoms with van der Waals surface area (Å²) in [6, 6.07) is 17.7. The number of carbonyl (C=O) groups excluding carboxylic acids is 4. The van der Waals surface area contributed by atoms with E-state index in [0.29, 0.717) is 0 Å². The van der Waals surface area contributed by atoms with Gasteiger partial charge in [0.1, 0.15) is 18.5 Å². The lowest BCUT2D eigenvalue weighted by molar-refractivity contribution is -0.156. The molecule has 1 aliphatic heterocycles. The highest BCUT2D eigenvalue weighted by molar-refractivity contribution is 5.90. The normalized spacial score (nSPS) is 20.1. The van der Waals surface area contributed by atoms with E-state index in [9.17, 15) is 24.0 Å². The summed E-state index contributed by atoms with van der Waals surface area (Å²) in [6.07, 6.45) is -3.70. The molecule has 4 atom stereocenters. The fraction of sp³-hybridized carbons (Fsp3) is 0.259. The van der Waals surface area contributed by atoms with Crippen molar-refractivity contribution in [3.8, 4) is 0 Å². The second-order valence-electron chi connectivity index (χ2n) is 8.52. The van der Waals surface area contributed by atoms with E-state index in [-0.39, 0.29) is 23.6 Å².